The third kappa shape index (κ3) is 6.31. The van der Waals surface area contributed by atoms with E-state index in [1.54, 1.807) is 5.92 Å². The second-order valence-corrected chi connectivity index (χ2v) is 8.52. The highest BCUT2D eigenvalue weighted by molar-refractivity contribution is 5.66. The van der Waals surface area contributed by atoms with Gasteiger partial charge in [0.25, 0.3) is 0 Å². The summed E-state index contributed by atoms with van der Waals surface area (Å²) in [6.07, 6.45) is 3.95. The molecule has 1 aliphatic carbocycles. The van der Waals surface area contributed by atoms with E-state index in [-0.39, 0.29) is 11.5 Å². The highest BCUT2D eigenvalue weighted by Gasteiger charge is 2.25. The van der Waals surface area contributed by atoms with Crippen molar-refractivity contribution in [3.63, 3.8) is 0 Å². The number of benzene rings is 2. The van der Waals surface area contributed by atoms with Gasteiger partial charge in [-0.25, -0.2) is 13.2 Å². The number of unbranched alkanes of at least 4 members (excludes halogenated alkanes) is 2. The maximum Gasteiger partial charge on any atom is 0.458 e. The van der Waals surface area contributed by atoms with Crippen LogP contribution >= 0.6 is 0 Å². The van der Waals surface area contributed by atoms with Crippen LogP contribution in [0, 0.1) is 35.2 Å². The lowest BCUT2D eigenvalue weighted by Crippen LogP contribution is -2.14. The van der Waals surface area contributed by atoms with Crippen molar-refractivity contribution in [2.24, 2.45) is 5.92 Å². The molecule has 0 spiro atoms. The van der Waals surface area contributed by atoms with E-state index in [0.29, 0.717) is 11.5 Å². The van der Waals surface area contributed by atoms with Gasteiger partial charge in [-0.3, -0.25) is 0 Å². The lowest BCUT2D eigenvalue weighted by atomic mass is 9.77. The van der Waals surface area contributed by atoms with Gasteiger partial charge < -0.3 is 0 Å². The van der Waals surface area contributed by atoms with Crippen LogP contribution in [0.25, 0.3) is 11.1 Å². The van der Waals surface area contributed by atoms with Crippen LogP contribution in [0.4, 0.5) is 26.3 Å². The Labute approximate surface area is 185 Å². The molecule has 0 N–H and O–H groups in total. The zero-order valence-corrected chi connectivity index (χ0v) is 18.0. The van der Waals surface area contributed by atoms with E-state index in [9.17, 15) is 26.3 Å². The second kappa shape index (κ2) is 10.5. The molecule has 0 atom stereocenters. The van der Waals surface area contributed by atoms with Crippen LogP contribution in [0.3, 0.4) is 0 Å². The van der Waals surface area contributed by atoms with E-state index < -0.39 is 34.8 Å². The SMILES string of the molecule is CCCCCC1CCC(c2cc(F)c(-c3ccc(C#CC(F)(F)F)c(F)c3)c(F)c2)CC1. The monoisotopic (exact) mass is 452 g/mol. The molecule has 1 aliphatic rings. The predicted molar refractivity (Wildman–Crippen MR) is 114 cm³/mol. The van der Waals surface area contributed by atoms with E-state index in [1.807, 2.05) is 0 Å². The molecule has 0 heterocycles. The van der Waals surface area contributed by atoms with Gasteiger partial charge in [0.15, 0.2) is 0 Å². The molecule has 0 unspecified atom stereocenters. The Morgan fingerprint density at radius 2 is 1.53 bits per heavy atom. The van der Waals surface area contributed by atoms with E-state index in [4.69, 9.17) is 0 Å². The molecule has 2 aromatic carbocycles. The summed E-state index contributed by atoms with van der Waals surface area (Å²) in [5, 5.41) is 0. The Kier molecular flexibility index (Phi) is 7.92. The first kappa shape index (κ1) is 24.2. The minimum Gasteiger partial charge on any atom is -0.206 e. The summed E-state index contributed by atoms with van der Waals surface area (Å²) >= 11 is 0. The predicted octanol–water partition coefficient (Wildman–Crippen LogP) is 8.54. The highest BCUT2D eigenvalue weighted by atomic mass is 19.4. The Morgan fingerprint density at radius 1 is 0.875 bits per heavy atom. The molecule has 32 heavy (non-hydrogen) atoms. The highest BCUT2D eigenvalue weighted by Crippen LogP contribution is 2.39. The summed E-state index contributed by atoms with van der Waals surface area (Å²) in [7, 11) is 0. The van der Waals surface area contributed by atoms with Gasteiger partial charge in [0.2, 0.25) is 0 Å². The average Bonchev–Trinajstić information content (AvgIpc) is 2.72. The van der Waals surface area contributed by atoms with Gasteiger partial charge >= 0.3 is 6.18 Å². The molecule has 0 amide bonds. The molecule has 0 aliphatic heterocycles. The summed E-state index contributed by atoms with van der Waals surface area (Å²) in [5.74, 6) is 0.763. The van der Waals surface area contributed by atoms with Crippen LogP contribution in [-0.4, -0.2) is 6.18 Å². The first-order valence-corrected chi connectivity index (χ1v) is 11.1. The topological polar surface area (TPSA) is 0 Å². The fraction of sp³-hybridized carbons (Fsp3) is 0.462. The maximum absolute atomic E-state index is 14.8. The second-order valence-electron chi connectivity index (χ2n) is 8.52. The molecule has 2 aromatic rings. The Balaban J connectivity index is 1.75. The quantitative estimate of drug-likeness (QED) is 0.234. The van der Waals surface area contributed by atoms with Crippen LogP contribution in [-0.2, 0) is 0 Å². The van der Waals surface area contributed by atoms with Crippen molar-refractivity contribution in [3.8, 4) is 23.0 Å². The van der Waals surface area contributed by atoms with Crippen molar-refractivity contribution in [1.82, 2.24) is 0 Å². The Bertz CT molecular complexity index is 965. The molecule has 1 saturated carbocycles. The van der Waals surface area contributed by atoms with Gasteiger partial charge in [-0.15, -0.1) is 0 Å². The molecule has 1 fully saturated rings. The first-order valence-electron chi connectivity index (χ1n) is 11.1. The van der Waals surface area contributed by atoms with E-state index in [2.05, 4.69) is 6.92 Å². The summed E-state index contributed by atoms with van der Waals surface area (Å²) in [6, 6.07) is 5.58. The van der Waals surface area contributed by atoms with Gasteiger partial charge in [-0.05, 0) is 72.9 Å². The molecule has 0 nitrogen and oxygen atoms in total. The van der Waals surface area contributed by atoms with Crippen LogP contribution in [0.5, 0.6) is 0 Å². The number of hydrogen-bond donors (Lipinski definition) is 0. The molecule has 6 heteroatoms. The standard InChI is InChI=1S/C26H26F6/c1-2-3-4-5-17-6-8-18(9-7-17)21-15-23(28)25(24(29)16-21)20-11-10-19(22(27)14-20)12-13-26(30,31)32/h10-11,14-18H,2-9H2,1H3. The average molecular weight is 452 g/mol. The number of rotatable bonds is 6. The fourth-order valence-electron chi connectivity index (χ4n) is 4.48. The number of alkyl halides is 3. The van der Waals surface area contributed by atoms with Crippen LogP contribution < -0.4 is 0 Å². The molecular formula is C26H26F6. The molecule has 0 bridgehead atoms. The Hall–Kier alpha value is -2.42. The fourth-order valence-corrected chi connectivity index (χ4v) is 4.48. The third-order valence-electron chi connectivity index (χ3n) is 6.20. The minimum atomic E-state index is -4.76. The summed E-state index contributed by atoms with van der Waals surface area (Å²) in [6.45, 7) is 2.18. The maximum atomic E-state index is 14.8. The first-order chi connectivity index (χ1) is 15.2. The summed E-state index contributed by atoms with van der Waals surface area (Å²) in [5.41, 5.74) is -0.361. The molecule has 172 valence electrons. The van der Waals surface area contributed by atoms with Crippen molar-refractivity contribution in [3.05, 3.63) is 58.9 Å². The molecule has 0 saturated heterocycles. The number of hydrogen-bond acceptors (Lipinski definition) is 0. The lowest BCUT2D eigenvalue weighted by molar-refractivity contribution is -0.0696. The van der Waals surface area contributed by atoms with Crippen molar-refractivity contribution in [1.29, 1.82) is 0 Å². The largest absolute Gasteiger partial charge is 0.458 e. The van der Waals surface area contributed by atoms with Crippen molar-refractivity contribution in [2.75, 3.05) is 0 Å². The normalized spacial score (nSPS) is 18.8. The zero-order chi connectivity index (χ0) is 23.3. The smallest absolute Gasteiger partial charge is 0.206 e. The van der Waals surface area contributed by atoms with Gasteiger partial charge in [-0.2, -0.15) is 13.2 Å². The molecule has 0 radical (unpaired) electrons. The van der Waals surface area contributed by atoms with Crippen LogP contribution in [0.1, 0.15) is 75.3 Å². The third-order valence-corrected chi connectivity index (χ3v) is 6.20. The summed E-state index contributed by atoms with van der Waals surface area (Å²) in [4.78, 5) is 0. The number of halogens is 6. The van der Waals surface area contributed by atoms with Crippen LogP contribution in [0.2, 0.25) is 0 Å². The van der Waals surface area contributed by atoms with Crippen molar-refractivity contribution < 1.29 is 26.3 Å². The zero-order valence-electron chi connectivity index (χ0n) is 18.0. The van der Waals surface area contributed by atoms with E-state index in [1.165, 1.54) is 43.9 Å². The minimum absolute atomic E-state index is 0.0822. The van der Waals surface area contributed by atoms with Gasteiger partial charge in [-0.1, -0.05) is 44.6 Å². The Morgan fingerprint density at radius 3 is 2.09 bits per heavy atom. The van der Waals surface area contributed by atoms with Gasteiger partial charge in [0.1, 0.15) is 17.5 Å². The lowest BCUT2D eigenvalue weighted by Gasteiger charge is -2.29. The molecule has 3 rings (SSSR count). The summed E-state index contributed by atoms with van der Waals surface area (Å²) < 4.78 is 80.5. The van der Waals surface area contributed by atoms with Crippen LogP contribution in [0.15, 0.2) is 30.3 Å². The van der Waals surface area contributed by atoms with Crippen molar-refractivity contribution >= 4 is 0 Å². The van der Waals surface area contributed by atoms with E-state index in [0.717, 1.165) is 43.7 Å². The van der Waals surface area contributed by atoms with E-state index >= 15 is 0 Å². The van der Waals surface area contributed by atoms with Gasteiger partial charge in [0, 0.05) is 5.92 Å². The van der Waals surface area contributed by atoms with Gasteiger partial charge in [0.05, 0.1) is 11.1 Å². The molecular weight excluding hydrogens is 426 g/mol. The molecule has 0 aromatic heterocycles. The van der Waals surface area contributed by atoms with Crippen molar-refractivity contribution in [2.45, 2.75) is 70.4 Å².